The van der Waals surface area contributed by atoms with Crippen LogP contribution >= 0.6 is 0 Å². The number of nitrogens with zero attached hydrogens (tertiary/aromatic N) is 2. The number of fused-ring (bicyclic) bond motifs is 2. The summed E-state index contributed by atoms with van der Waals surface area (Å²) >= 11 is 0. The summed E-state index contributed by atoms with van der Waals surface area (Å²) in [6.45, 7) is 0.698. The zero-order valence-electron chi connectivity index (χ0n) is 16.2. The molecule has 2 aromatic rings. The SMILES string of the molecule is O=C(O)C1CC2CCCCC2N1C(=O)c1cncc(-c2ccc3c(c2)CCO3)c1. The second-order valence-electron chi connectivity index (χ2n) is 8.30. The van der Waals surface area contributed by atoms with Crippen molar-refractivity contribution in [3.8, 4) is 16.9 Å². The zero-order valence-corrected chi connectivity index (χ0v) is 16.2. The standard InChI is InChI=1S/C23H24N2O4/c26-22(25-19-4-2-1-3-15(19)11-20(25)23(27)28)18-10-17(12-24-13-18)14-5-6-21-16(9-14)7-8-29-21/h5-6,9-10,12-13,15,19-20H,1-4,7-8,11H2,(H,27,28). The normalized spacial score (nSPS) is 25.2. The number of aromatic nitrogens is 1. The van der Waals surface area contributed by atoms with Crippen LogP contribution in [0.5, 0.6) is 5.75 Å². The molecule has 6 nitrogen and oxygen atoms in total. The van der Waals surface area contributed by atoms with Crippen molar-refractivity contribution in [1.29, 1.82) is 0 Å². The summed E-state index contributed by atoms with van der Waals surface area (Å²) in [5.41, 5.74) is 3.46. The highest BCUT2D eigenvalue weighted by Crippen LogP contribution is 2.40. The van der Waals surface area contributed by atoms with Crippen molar-refractivity contribution >= 4 is 11.9 Å². The first kappa shape index (κ1) is 18.2. The van der Waals surface area contributed by atoms with E-state index in [1.54, 1.807) is 17.3 Å². The number of likely N-dealkylation sites (tertiary alicyclic amines) is 1. The quantitative estimate of drug-likeness (QED) is 0.864. The Kier molecular flexibility index (Phi) is 4.49. The fraction of sp³-hybridized carbons (Fsp3) is 0.435. The minimum Gasteiger partial charge on any atom is -0.493 e. The number of aliphatic carboxylic acids is 1. The van der Waals surface area contributed by atoms with E-state index in [0.29, 0.717) is 24.5 Å². The summed E-state index contributed by atoms with van der Waals surface area (Å²) < 4.78 is 5.57. The molecule has 1 aromatic heterocycles. The molecule has 1 aliphatic carbocycles. The Morgan fingerprint density at radius 2 is 1.97 bits per heavy atom. The van der Waals surface area contributed by atoms with Gasteiger partial charge in [-0.05, 0) is 54.5 Å². The highest BCUT2D eigenvalue weighted by atomic mass is 16.5. The van der Waals surface area contributed by atoms with Gasteiger partial charge in [-0.1, -0.05) is 18.9 Å². The molecule has 0 spiro atoms. The number of rotatable bonds is 3. The molecule has 1 saturated carbocycles. The molecule has 1 N–H and O–H groups in total. The summed E-state index contributed by atoms with van der Waals surface area (Å²) in [5, 5.41) is 9.73. The largest absolute Gasteiger partial charge is 0.493 e. The number of amides is 1. The fourth-order valence-electron chi connectivity index (χ4n) is 5.20. The first-order chi connectivity index (χ1) is 14.1. The maximum atomic E-state index is 13.4. The number of benzene rings is 1. The van der Waals surface area contributed by atoms with Crippen molar-refractivity contribution in [2.45, 2.75) is 50.6 Å². The van der Waals surface area contributed by atoms with Crippen molar-refractivity contribution in [3.05, 3.63) is 47.8 Å². The maximum Gasteiger partial charge on any atom is 0.326 e. The highest BCUT2D eigenvalue weighted by molar-refractivity contribution is 5.98. The van der Waals surface area contributed by atoms with E-state index in [1.165, 1.54) is 0 Å². The van der Waals surface area contributed by atoms with Crippen LogP contribution in [0.4, 0.5) is 0 Å². The molecule has 29 heavy (non-hydrogen) atoms. The Bertz CT molecular complexity index is 973. The molecule has 2 aliphatic heterocycles. The number of carboxylic acid groups (broad SMARTS) is 1. The van der Waals surface area contributed by atoms with E-state index in [2.05, 4.69) is 11.1 Å². The summed E-state index contributed by atoms with van der Waals surface area (Å²) in [7, 11) is 0. The lowest BCUT2D eigenvalue weighted by atomic mass is 9.84. The summed E-state index contributed by atoms with van der Waals surface area (Å²) in [5.74, 6) is 0.0847. The number of pyridine rings is 1. The number of carboxylic acids is 1. The van der Waals surface area contributed by atoms with Gasteiger partial charge in [0.05, 0.1) is 12.2 Å². The first-order valence-corrected chi connectivity index (χ1v) is 10.4. The van der Waals surface area contributed by atoms with Crippen LogP contribution in [0.15, 0.2) is 36.7 Å². The van der Waals surface area contributed by atoms with E-state index in [0.717, 1.165) is 54.5 Å². The third-order valence-electron chi connectivity index (χ3n) is 6.62. The van der Waals surface area contributed by atoms with Crippen molar-refractivity contribution < 1.29 is 19.4 Å². The molecule has 1 saturated heterocycles. The van der Waals surface area contributed by atoms with Crippen LogP contribution in [0.25, 0.3) is 11.1 Å². The van der Waals surface area contributed by atoms with Gasteiger partial charge in [-0.25, -0.2) is 4.79 Å². The Morgan fingerprint density at radius 1 is 1.10 bits per heavy atom. The van der Waals surface area contributed by atoms with E-state index in [9.17, 15) is 14.7 Å². The van der Waals surface area contributed by atoms with Gasteiger partial charge >= 0.3 is 5.97 Å². The van der Waals surface area contributed by atoms with Crippen LogP contribution < -0.4 is 4.74 Å². The number of hydrogen-bond donors (Lipinski definition) is 1. The minimum atomic E-state index is -0.907. The molecule has 1 aromatic carbocycles. The zero-order chi connectivity index (χ0) is 20.0. The monoisotopic (exact) mass is 392 g/mol. The van der Waals surface area contributed by atoms with Crippen LogP contribution in [0, 0.1) is 5.92 Å². The van der Waals surface area contributed by atoms with Crippen LogP contribution in [0.1, 0.15) is 48.0 Å². The van der Waals surface area contributed by atoms with Crippen LogP contribution in [-0.2, 0) is 11.2 Å². The van der Waals surface area contributed by atoms with E-state index in [-0.39, 0.29) is 11.9 Å². The van der Waals surface area contributed by atoms with Crippen molar-refractivity contribution in [2.75, 3.05) is 6.61 Å². The average molecular weight is 392 g/mol. The molecule has 150 valence electrons. The Hall–Kier alpha value is -2.89. The fourth-order valence-corrected chi connectivity index (χ4v) is 5.20. The molecule has 0 bridgehead atoms. The minimum absolute atomic E-state index is 0.0261. The molecular weight excluding hydrogens is 368 g/mol. The molecule has 3 heterocycles. The van der Waals surface area contributed by atoms with Gasteiger partial charge in [0, 0.05) is 30.4 Å². The van der Waals surface area contributed by atoms with E-state index >= 15 is 0 Å². The van der Waals surface area contributed by atoms with Gasteiger partial charge in [0.2, 0.25) is 0 Å². The van der Waals surface area contributed by atoms with Crippen molar-refractivity contribution in [2.24, 2.45) is 5.92 Å². The average Bonchev–Trinajstić information content (AvgIpc) is 3.37. The maximum absolute atomic E-state index is 13.4. The van der Waals surface area contributed by atoms with Gasteiger partial charge in [-0.2, -0.15) is 0 Å². The lowest BCUT2D eigenvalue weighted by molar-refractivity contribution is -0.141. The molecular formula is C23H24N2O4. The Balaban J connectivity index is 1.46. The lowest BCUT2D eigenvalue weighted by Gasteiger charge is -2.33. The lowest BCUT2D eigenvalue weighted by Crippen LogP contribution is -2.46. The number of hydrogen-bond acceptors (Lipinski definition) is 4. The molecule has 6 heteroatoms. The van der Waals surface area contributed by atoms with E-state index in [1.807, 2.05) is 18.2 Å². The van der Waals surface area contributed by atoms with Gasteiger partial charge in [0.1, 0.15) is 11.8 Å². The van der Waals surface area contributed by atoms with Gasteiger partial charge in [0.25, 0.3) is 5.91 Å². The molecule has 5 rings (SSSR count). The smallest absolute Gasteiger partial charge is 0.326 e. The molecule has 0 radical (unpaired) electrons. The van der Waals surface area contributed by atoms with E-state index < -0.39 is 12.0 Å². The van der Waals surface area contributed by atoms with Crippen LogP contribution in [-0.4, -0.2) is 45.6 Å². The third kappa shape index (κ3) is 3.16. The van der Waals surface area contributed by atoms with E-state index in [4.69, 9.17) is 4.74 Å². The van der Waals surface area contributed by atoms with Gasteiger partial charge in [0.15, 0.2) is 0 Å². The molecule has 1 amide bonds. The van der Waals surface area contributed by atoms with Crippen molar-refractivity contribution in [3.63, 3.8) is 0 Å². The third-order valence-corrected chi connectivity index (χ3v) is 6.62. The van der Waals surface area contributed by atoms with Gasteiger partial charge in [-0.3, -0.25) is 9.78 Å². The van der Waals surface area contributed by atoms with Gasteiger partial charge in [-0.15, -0.1) is 0 Å². The van der Waals surface area contributed by atoms with Gasteiger partial charge < -0.3 is 14.7 Å². The predicted octanol–water partition coefficient (Wildman–Crippen LogP) is 3.54. The molecule has 3 aliphatic rings. The summed E-state index contributed by atoms with van der Waals surface area (Å²) in [4.78, 5) is 31.2. The highest BCUT2D eigenvalue weighted by Gasteiger charge is 2.47. The van der Waals surface area contributed by atoms with Crippen LogP contribution in [0.3, 0.4) is 0 Å². The molecule has 3 atom stereocenters. The van der Waals surface area contributed by atoms with Crippen molar-refractivity contribution in [1.82, 2.24) is 9.88 Å². The Labute approximate surface area is 169 Å². The predicted molar refractivity (Wildman–Crippen MR) is 107 cm³/mol. The molecule has 3 unspecified atom stereocenters. The summed E-state index contributed by atoms with van der Waals surface area (Å²) in [6, 6.07) is 7.14. The van der Waals surface area contributed by atoms with Crippen LogP contribution in [0.2, 0.25) is 0 Å². The summed E-state index contributed by atoms with van der Waals surface area (Å²) in [6.07, 6.45) is 8.80. The second-order valence-corrected chi connectivity index (χ2v) is 8.30. The second kappa shape index (κ2) is 7.17. The molecule has 2 fully saturated rings. The Morgan fingerprint density at radius 3 is 2.83 bits per heavy atom. The number of carbonyl (C=O) groups excluding carboxylic acids is 1. The number of ether oxygens (including phenoxy) is 1. The topological polar surface area (TPSA) is 79.7 Å². The number of carbonyl (C=O) groups is 2. The first-order valence-electron chi connectivity index (χ1n) is 10.4.